The van der Waals surface area contributed by atoms with Gasteiger partial charge in [-0.25, -0.2) is 0 Å². The summed E-state index contributed by atoms with van der Waals surface area (Å²) in [7, 11) is 0. The van der Waals surface area contributed by atoms with Crippen molar-refractivity contribution in [1.29, 1.82) is 0 Å². The minimum Gasteiger partial charge on any atom is -0.442 e. The van der Waals surface area contributed by atoms with Crippen LogP contribution in [0, 0.1) is 11.3 Å². The van der Waals surface area contributed by atoms with Gasteiger partial charge in [-0.15, -0.1) is 0 Å². The number of carbonyl (C=O) groups excluding carboxylic acids is 1. The summed E-state index contributed by atoms with van der Waals surface area (Å²) in [6.45, 7) is 5.72. The Morgan fingerprint density at radius 3 is 1.70 bits per heavy atom. The van der Waals surface area contributed by atoms with E-state index in [2.05, 4.69) is 4.74 Å². The van der Waals surface area contributed by atoms with E-state index < -0.39 is 35.8 Å². The van der Waals surface area contributed by atoms with Crippen molar-refractivity contribution in [1.82, 2.24) is 0 Å². The lowest BCUT2D eigenvalue weighted by Crippen LogP contribution is -2.48. The molecule has 0 aliphatic carbocycles. The van der Waals surface area contributed by atoms with Crippen LogP contribution in [0.25, 0.3) is 0 Å². The van der Waals surface area contributed by atoms with E-state index in [1.165, 1.54) is 39.8 Å². The lowest BCUT2D eigenvalue weighted by Gasteiger charge is -2.31. The molecule has 118 valence electrons. The third kappa shape index (κ3) is 4.42. The first-order chi connectivity index (χ1) is 8.76. The zero-order valence-corrected chi connectivity index (χ0v) is 11.4. The molecule has 0 saturated heterocycles. The Balaban J connectivity index is 5.40. The number of allylic oxidation sites excluding steroid dienone is 1. The zero-order chi connectivity index (χ0) is 16.4. The van der Waals surface area contributed by atoms with E-state index in [-0.39, 0.29) is 0 Å². The maximum Gasteiger partial charge on any atom is 0.434 e. The summed E-state index contributed by atoms with van der Waals surface area (Å²) < 4.78 is 77.7. The summed E-state index contributed by atoms with van der Waals surface area (Å²) in [6, 6.07) is 0. The highest BCUT2D eigenvalue weighted by Crippen LogP contribution is 2.39. The SMILES string of the molecule is C/C=C\C(C)(C(=O)OC(C(F)(F)F)C(F)(F)F)C(C)C. The Morgan fingerprint density at radius 2 is 1.45 bits per heavy atom. The van der Waals surface area contributed by atoms with E-state index >= 15 is 0 Å². The zero-order valence-electron chi connectivity index (χ0n) is 11.4. The number of rotatable bonds is 4. The highest BCUT2D eigenvalue weighted by atomic mass is 19.4. The summed E-state index contributed by atoms with van der Waals surface area (Å²) in [5, 5.41) is 0. The summed E-state index contributed by atoms with van der Waals surface area (Å²) in [5.74, 6) is -2.10. The number of esters is 1. The topological polar surface area (TPSA) is 26.3 Å². The minimum atomic E-state index is -5.71. The van der Waals surface area contributed by atoms with Gasteiger partial charge in [-0.3, -0.25) is 4.79 Å². The second-order valence-electron chi connectivity index (χ2n) is 4.81. The average molecular weight is 306 g/mol. The van der Waals surface area contributed by atoms with E-state index in [4.69, 9.17) is 0 Å². The van der Waals surface area contributed by atoms with Gasteiger partial charge in [-0.2, -0.15) is 26.3 Å². The molecule has 2 nitrogen and oxygen atoms in total. The molecule has 20 heavy (non-hydrogen) atoms. The first kappa shape index (κ1) is 18.8. The van der Waals surface area contributed by atoms with Crippen LogP contribution in [0.2, 0.25) is 0 Å². The highest BCUT2D eigenvalue weighted by Gasteiger charge is 2.60. The summed E-state index contributed by atoms with van der Waals surface area (Å²) >= 11 is 0. The van der Waals surface area contributed by atoms with Crippen molar-refractivity contribution in [3.05, 3.63) is 12.2 Å². The van der Waals surface area contributed by atoms with Crippen molar-refractivity contribution in [3.8, 4) is 0 Å². The van der Waals surface area contributed by atoms with Gasteiger partial charge in [0.1, 0.15) is 0 Å². The summed E-state index contributed by atoms with van der Waals surface area (Å²) in [4.78, 5) is 11.7. The van der Waals surface area contributed by atoms with Crippen LogP contribution in [0.5, 0.6) is 0 Å². The summed E-state index contributed by atoms with van der Waals surface area (Å²) in [5.41, 5.74) is -1.57. The molecule has 0 spiro atoms. The fourth-order valence-electron chi connectivity index (χ4n) is 1.40. The maximum atomic E-state index is 12.3. The molecule has 1 unspecified atom stereocenters. The number of hydrogen-bond acceptors (Lipinski definition) is 2. The van der Waals surface area contributed by atoms with Gasteiger partial charge in [0.15, 0.2) is 0 Å². The third-order valence-corrected chi connectivity index (χ3v) is 2.97. The largest absolute Gasteiger partial charge is 0.442 e. The standard InChI is InChI=1S/C12H16F6O2/c1-5-6-10(4,7(2)3)9(19)20-8(11(13,14)15)12(16,17)18/h5-8H,1-4H3/b6-5-. The molecule has 1 atom stereocenters. The molecule has 0 aliphatic rings. The first-order valence-electron chi connectivity index (χ1n) is 5.75. The Morgan fingerprint density at radius 1 is 1.05 bits per heavy atom. The number of alkyl halides is 6. The molecule has 0 fully saturated rings. The predicted molar refractivity (Wildman–Crippen MR) is 59.7 cm³/mol. The van der Waals surface area contributed by atoms with Gasteiger partial charge in [-0.05, 0) is 19.8 Å². The van der Waals surface area contributed by atoms with Crippen LogP contribution >= 0.6 is 0 Å². The van der Waals surface area contributed by atoms with Crippen molar-refractivity contribution < 1.29 is 35.9 Å². The van der Waals surface area contributed by atoms with E-state index in [0.717, 1.165) is 0 Å². The Labute approximate surface area is 112 Å². The third-order valence-electron chi connectivity index (χ3n) is 2.97. The van der Waals surface area contributed by atoms with E-state index in [1.807, 2.05) is 0 Å². The molecule has 0 bridgehead atoms. The van der Waals surface area contributed by atoms with Gasteiger partial charge in [0.05, 0.1) is 5.41 Å². The predicted octanol–water partition coefficient (Wildman–Crippen LogP) is 4.26. The number of hydrogen-bond donors (Lipinski definition) is 0. The number of carbonyl (C=O) groups is 1. The molecule has 0 aromatic rings. The van der Waals surface area contributed by atoms with Crippen LogP contribution in [0.15, 0.2) is 12.2 Å². The lowest BCUT2D eigenvalue weighted by atomic mass is 9.79. The van der Waals surface area contributed by atoms with Crippen molar-refractivity contribution in [2.45, 2.75) is 46.2 Å². The fraction of sp³-hybridized carbons (Fsp3) is 0.750. The molecule has 0 N–H and O–H groups in total. The van der Waals surface area contributed by atoms with Gasteiger partial charge >= 0.3 is 18.3 Å². The van der Waals surface area contributed by atoms with Crippen molar-refractivity contribution in [2.75, 3.05) is 0 Å². The Bertz CT molecular complexity index is 355. The Kier molecular flexibility index (Phi) is 5.68. The Hall–Kier alpha value is -1.21. The molecule has 0 amide bonds. The van der Waals surface area contributed by atoms with Crippen LogP contribution < -0.4 is 0 Å². The molecule has 0 aliphatic heterocycles. The number of ether oxygens (including phenoxy) is 1. The molecule has 8 heteroatoms. The molecular formula is C12H16F6O2. The molecule has 0 rings (SSSR count). The summed E-state index contributed by atoms with van der Waals surface area (Å²) in [6.07, 6.45) is -12.9. The van der Waals surface area contributed by atoms with Gasteiger partial charge < -0.3 is 4.74 Å². The minimum absolute atomic E-state index is 0.534. The first-order valence-corrected chi connectivity index (χ1v) is 5.75. The molecule has 0 aromatic heterocycles. The van der Waals surface area contributed by atoms with Crippen LogP contribution in [-0.2, 0) is 9.53 Å². The fourth-order valence-corrected chi connectivity index (χ4v) is 1.40. The van der Waals surface area contributed by atoms with E-state index in [1.54, 1.807) is 0 Å². The van der Waals surface area contributed by atoms with Gasteiger partial charge in [-0.1, -0.05) is 26.0 Å². The van der Waals surface area contributed by atoms with Gasteiger partial charge in [0.2, 0.25) is 0 Å². The van der Waals surface area contributed by atoms with Crippen LogP contribution in [-0.4, -0.2) is 24.4 Å². The smallest absolute Gasteiger partial charge is 0.434 e. The van der Waals surface area contributed by atoms with Crippen molar-refractivity contribution >= 4 is 5.97 Å². The van der Waals surface area contributed by atoms with E-state index in [9.17, 15) is 31.1 Å². The molecule has 0 aromatic carbocycles. The normalized spacial score (nSPS) is 16.8. The average Bonchev–Trinajstić information content (AvgIpc) is 2.21. The highest BCUT2D eigenvalue weighted by molar-refractivity contribution is 5.79. The molecule has 0 heterocycles. The molecule has 0 radical (unpaired) electrons. The van der Waals surface area contributed by atoms with Crippen LogP contribution in [0.4, 0.5) is 26.3 Å². The van der Waals surface area contributed by atoms with Crippen molar-refractivity contribution in [3.63, 3.8) is 0 Å². The molecular weight excluding hydrogens is 290 g/mol. The second-order valence-corrected chi connectivity index (χ2v) is 4.81. The van der Waals surface area contributed by atoms with Crippen LogP contribution in [0.1, 0.15) is 27.7 Å². The van der Waals surface area contributed by atoms with Gasteiger partial charge in [0, 0.05) is 0 Å². The maximum absolute atomic E-state index is 12.3. The monoisotopic (exact) mass is 306 g/mol. The number of halogens is 6. The quantitative estimate of drug-likeness (QED) is 0.441. The second kappa shape index (κ2) is 6.05. The lowest BCUT2D eigenvalue weighted by molar-refractivity contribution is -0.315. The van der Waals surface area contributed by atoms with Crippen LogP contribution in [0.3, 0.4) is 0 Å². The van der Waals surface area contributed by atoms with E-state index in [0.29, 0.717) is 0 Å². The molecule has 0 saturated carbocycles. The van der Waals surface area contributed by atoms with Crippen molar-refractivity contribution in [2.24, 2.45) is 11.3 Å². The van der Waals surface area contributed by atoms with Gasteiger partial charge in [0.25, 0.3) is 6.10 Å².